The van der Waals surface area contributed by atoms with Gasteiger partial charge in [-0.1, -0.05) is 31.2 Å². The first-order chi connectivity index (χ1) is 9.53. The predicted octanol–water partition coefficient (Wildman–Crippen LogP) is 2.35. The van der Waals surface area contributed by atoms with Gasteiger partial charge in [-0.2, -0.15) is 0 Å². The number of esters is 1. The SMILES string of the molecule is C[C@H]1C(=O)[C@H](C)[C@]2(OC(=O)c3ccccc3)C=C[C@@H]1O2. The van der Waals surface area contributed by atoms with Gasteiger partial charge in [-0.3, -0.25) is 4.79 Å². The maximum atomic E-state index is 12.2. The van der Waals surface area contributed by atoms with Gasteiger partial charge in [0.15, 0.2) is 0 Å². The Bertz CT molecular complexity index is 577. The highest BCUT2D eigenvalue weighted by atomic mass is 16.7. The van der Waals surface area contributed by atoms with Gasteiger partial charge in [0.25, 0.3) is 0 Å². The van der Waals surface area contributed by atoms with Crippen LogP contribution in [0.3, 0.4) is 0 Å². The molecule has 2 bridgehead atoms. The van der Waals surface area contributed by atoms with E-state index in [-0.39, 0.29) is 17.8 Å². The summed E-state index contributed by atoms with van der Waals surface area (Å²) < 4.78 is 11.3. The third kappa shape index (κ3) is 1.88. The minimum absolute atomic E-state index is 0.0621. The Morgan fingerprint density at radius 1 is 1.25 bits per heavy atom. The Kier molecular flexibility index (Phi) is 2.98. The second-order valence-electron chi connectivity index (χ2n) is 5.33. The smallest absolute Gasteiger partial charge is 0.340 e. The summed E-state index contributed by atoms with van der Waals surface area (Å²) in [5, 5.41) is 0. The molecule has 104 valence electrons. The molecule has 0 spiro atoms. The average Bonchev–Trinajstić information content (AvgIpc) is 2.87. The van der Waals surface area contributed by atoms with Crippen molar-refractivity contribution >= 4 is 11.8 Å². The minimum atomic E-state index is -1.25. The van der Waals surface area contributed by atoms with E-state index in [0.29, 0.717) is 5.56 Å². The van der Waals surface area contributed by atoms with Crippen LogP contribution in [-0.2, 0) is 14.3 Å². The molecule has 4 atom stereocenters. The van der Waals surface area contributed by atoms with Gasteiger partial charge in [-0.15, -0.1) is 0 Å². The van der Waals surface area contributed by atoms with Crippen molar-refractivity contribution in [2.45, 2.75) is 25.7 Å². The normalized spacial score (nSPS) is 35.1. The van der Waals surface area contributed by atoms with Crippen molar-refractivity contribution < 1.29 is 19.1 Å². The van der Waals surface area contributed by atoms with Crippen molar-refractivity contribution in [2.75, 3.05) is 0 Å². The lowest BCUT2D eigenvalue weighted by atomic mass is 9.86. The van der Waals surface area contributed by atoms with Crippen LogP contribution in [0.4, 0.5) is 0 Å². The lowest BCUT2D eigenvalue weighted by Crippen LogP contribution is -2.52. The maximum Gasteiger partial charge on any atom is 0.340 e. The number of carbonyl (C=O) groups is 2. The molecule has 2 heterocycles. The first-order valence-corrected chi connectivity index (χ1v) is 6.73. The van der Waals surface area contributed by atoms with Crippen molar-refractivity contribution in [3.05, 3.63) is 48.0 Å². The Morgan fingerprint density at radius 2 is 1.95 bits per heavy atom. The molecule has 3 rings (SSSR count). The lowest BCUT2D eigenvalue weighted by Gasteiger charge is -2.39. The largest absolute Gasteiger partial charge is 0.425 e. The molecule has 0 aromatic heterocycles. The molecule has 1 aromatic carbocycles. The molecule has 0 aliphatic carbocycles. The molecule has 1 fully saturated rings. The van der Waals surface area contributed by atoms with Crippen LogP contribution in [0.5, 0.6) is 0 Å². The van der Waals surface area contributed by atoms with E-state index in [2.05, 4.69) is 0 Å². The summed E-state index contributed by atoms with van der Waals surface area (Å²) >= 11 is 0. The molecule has 4 nitrogen and oxygen atoms in total. The quantitative estimate of drug-likeness (QED) is 0.612. The number of ketones is 1. The molecule has 0 N–H and O–H groups in total. The molecule has 2 aliphatic rings. The first kappa shape index (κ1) is 13.1. The van der Waals surface area contributed by atoms with Crippen LogP contribution in [-0.4, -0.2) is 23.6 Å². The van der Waals surface area contributed by atoms with Crippen LogP contribution in [0, 0.1) is 11.8 Å². The summed E-state index contributed by atoms with van der Waals surface area (Å²) in [6, 6.07) is 8.70. The standard InChI is InChI=1S/C16H16O4/c1-10-13-8-9-16(19-13,11(2)14(10)17)20-15(18)12-6-4-3-5-7-12/h3-11,13H,1-2H3/t10-,11+,13+,16-/m1/s1. The number of hydrogen-bond donors (Lipinski definition) is 0. The molecule has 4 heteroatoms. The summed E-state index contributed by atoms with van der Waals surface area (Å²) in [4.78, 5) is 24.4. The summed E-state index contributed by atoms with van der Waals surface area (Å²) in [5.74, 6) is -2.37. The molecular weight excluding hydrogens is 256 g/mol. The van der Waals surface area contributed by atoms with Crippen molar-refractivity contribution in [3.8, 4) is 0 Å². The van der Waals surface area contributed by atoms with E-state index in [9.17, 15) is 9.59 Å². The van der Waals surface area contributed by atoms with Gasteiger partial charge in [-0.25, -0.2) is 4.79 Å². The third-order valence-corrected chi connectivity index (χ3v) is 4.07. The molecule has 0 amide bonds. The molecular formula is C16H16O4. The fraction of sp³-hybridized carbons (Fsp3) is 0.375. The van der Waals surface area contributed by atoms with Crippen LogP contribution in [0.1, 0.15) is 24.2 Å². The Morgan fingerprint density at radius 3 is 2.65 bits per heavy atom. The van der Waals surface area contributed by atoms with Crippen molar-refractivity contribution in [3.63, 3.8) is 0 Å². The molecule has 1 saturated heterocycles. The van der Waals surface area contributed by atoms with Crippen LogP contribution in [0.15, 0.2) is 42.5 Å². The van der Waals surface area contributed by atoms with Gasteiger partial charge in [0.1, 0.15) is 5.78 Å². The van der Waals surface area contributed by atoms with Gasteiger partial charge in [0.05, 0.1) is 17.6 Å². The average molecular weight is 272 g/mol. The zero-order valence-electron chi connectivity index (χ0n) is 11.4. The van der Waals surface area contributed by atoms with E-state index in [1.165, 1.54) is 0 Å². The van der Waals surface area contributed by atoms with Gasteiger partial charge >= 0.3 is 5.97 Å². The maximum absolute atomic E-state index is 12.2. The van der Waals surface area contributed by atoms with E-state index < -0.39 is 17.7 Å². The predicted molar refractivity (Wildman–Crippen MR) is 71.9 cm³/mol. The topological polar surface area (TPSA) is 52.6 Å². The van der Waals surface area contributed by atoms with Crippen molar-refractivity contribution in [1.29, 1.82) is 0 Å². The van der Waals surface area contributed by atoms with E-state index in [1.807, 2.05) is 19.1 Å². The number of Topliss-reactive ketones (excluding diaryl/α,β-unsaturated/α-hetero) is 1. The summed E-state index contributed by atoms with van der Waals surface area (Å²) in [6.07, 6.45) is 3.21. The molecule has 0 radical (unpaired) electrons. The second kappa shape index (κ2) is 4.56. The van der Waals surface area contributed by atoms with E-state index in [4.69, 9.17) is 9.47 Å². The van der Waals surface area contributed by atoms with Gasteiger partial charge in [-0.05, 0) is 25.1 Å². The van der Waals surface area contributed by atoms with Crippen molar-refractivity contribution in [2.24, 2.45) is 11.8 Å². The monoisotopic (exact) mass is 272 g/mol. The molecule has 20 heavy (non-hydrogen) atoms. The number of fused-ring (bicyclic) bond motifs is 2. The van der Waals surface area contributed by atoms with Crippen molar-refractivity contribution in [1.82, 2.24) is 0 Å². The Balaban J connectivity index is 1.85. The number of carbonyl (C=O) groups excluding carboxylic acids is 2. The summed E-state index contributed by atoms with van der Waals surface area (Å²) in [7, 11) is 0. The van der Waals surface area contributed by atoms with Gasteiger partial charge < -0.3 is 9.47 Å². The fourth-order valence-corrected chi connectivity index (χ4v) is 2.71. The molecule has 1 aromatic rings. The zero-order chi connectivity index (χ0) is 14.3. The van der Waals surface area contributed by atoms with Crippen LogP contribution in [0.25, 0.3) is 0 Å². The number of hydrogen-bond acceptors (Lipinski definition) is 4. The molecule has 2 aliphatic heterocycles. The Hall–Kier alpha value is -1.94. The van der Waals surface area contributed by atoms with Crippen LogP contribution < -0.4 is 0 Å². The fourth-order valence-electron chi connectivity index (χ4n) is 2.71. The third-order valence-electron chi connectivity index (χ3n) is 4.07. The summed E-state index contributed by atoms with van der Waals surface area (Å²) in [5.41, 5.74) is 0.445. The second-order valence-corrected chi connectivity index (χ2v) is 5.33. The number of rotatable bonds is 2. The Labute approximate surface area is 117 Å². The lowest BCUT2D eigenvalue weighted by molar-refractivity contribution is -0.228. The van der Waals surface area contributed by atoms with E-state index >= 15 is 0 Å². The van der Waals surface area contributed by atoms with Crippen LogP contribution in [0.2, 0.25) is 0 Å². The highest BCUT2D eigenvalue weighted by Gasteiger charge is 2.55. The van der Waals surface area contributed by atoms with Gasteiger partial charge in [0.2, 0.25) is 5.79 Å². The zero-order valence-corrected chi connectivity index (χ0v) is 11.4. The van der Waals surface area contributed by atoms with E-state index in [0.717, 1.165) is 0 Å². The first-order valence-electron chi connectivity index (χ1n) is 6.73. The van der Waals surface area contributed by atoms with E-state index in [1.54, 1.807) is 37.3 Å². The summed E-state index contributed by atoms with van der Waals surface area (Å²) in [6.45, 7) is 3.57. The number of ether oxygens (including phenoxy) is 2. The van der Waals surface area contributed by atoms with Crippen LogP contribution >= 0.6 is 0 Å². The highest BCUT2D eigenvalue weighted by molar-refractivity contribution is 5.91. The molecule has 0 unspecified atom stereocenters. The molecule has 0 saturated carbocycles. The van der Waals surface area contributed by atoms with Gasteiger partial charge in [0, 0.05) is 5.92 Å². The highest BCUT2D eigenvalue weighted by Crippen LogP contribution is 2.42. The number of benzene rings is 1. The minimum Gasteiger partial charge on any atom is -0.425 e.